The fraction of sp³-hybridized carbons (Fsp3) is 0.250. The molecule has 0 saturated heterocycles. The van der Waals surface area contributed by atoms with E-state index in [2.05, 4.69) is 14.7 Å². The molecule has 1 heterocycles. The highest BCUT2D eigenvalue weighted by atomic mass is 32.1. The molecular formula is C12H10N4O3S. The van der Waals surface area contributed by atoms with E-state index in [1.165, 1.54) is 0 Å². The maximum Gasteiger partial charge on any atom is 0.236 e. The molecule has 1 aliphatic rings. The molecule has 1 fully saturated rings. The Bertz CT molecular complexity index is 658. The van der Waals surface area contributed by atoms with Crippen molar-refractivity contribution in [2.45, 2.75) is 12.5 Å². The van der Waals surface area contributed by atoms with Gasteiger partial charge in [-0.05, 0) is 0 Å². The normalized spacial score (nSPS) is 20.4. The molecule has 3 rings (SSSR count). The summed E-state index contributed by atoms with van der Waals surface area (Å²) in [6.07, 6.45) is 0.295. The number of nitro groups is 1. The summed E-state index contributed by atoms with van der Waals surface area (Å²) < 4.78 is 4.16. The molecule has 2 aromatic rings. The third kappa shape index (κ3) is 2.50. The highest BCUT2D eigenvalue weighted by molar-refractivity contribution is 7.10. The first-order valence-electron chi connectivity index (χ1n) is 5.98. The third-order valence-corrected chi connectivity index (χ3v) is 3.68. The molecular weight excluding hydrogens is 280 g/mol. The monoisotopic (exact) mass is 290 g/mol. The van der Waals surface area contributed by atoms with Crippen LogP contribution >= 0.6 is 11.5 Å². The SMILES string of the molecule is O=C(Nc1nc(-c2ccccc2)ns1)[C@@H]1C[C@H]1[N+](=O)[O-]. The molecule has 0 bridgehead atoms. The van der Waals surface area contributed by atoms with E-state index in [0.29, 0.717) is 17.4 Å². The van der Waals surface area contributed by atoms with Crippen molar-refractivity contribution in [3.63, 3.8) is 0 Å². The van der Waals surface area contributed by atoms with E-state index in [4.69, 9.17) is 0 Å². The number of hydrogen-bond acceptors (Lipinski definition) is 6. The standard InChI is InChI=1S/C12H10N4O3S/c17-11(8-6-9(8)16(18)19)14-12-13-10(15-20-12)7-4-2-1-3-5-7/h1-5,8-9H,6H2,(H,13,14,15,17)/t8-,9-/m1/s1. The van der Waals surface area contributed by atoms with Gasteiger partial charge < -0.3 is 5.32 Å². The van der Waals surface area contributed by atoms with Gasteiger partial charge in [-0.1, -0.05) is 30.3 Å². The summed E-state index contributed by atoms with van der Waals surface area (Å²) in [6.45, 7) is 0. The highest BCUT2D eigenvalue weighted by Gasteiger charge is 2.53. The van der Waals surface area contributed by atoms with Crippen LogP contribution in [-0.2, 0) is 4.79 Å². The second kappa shape index (κ2) is 4.97. The minimum Gasteiger partial charge on any atom is -0.300 e. The summed E-state index contributed by atoms with van der Waals surface area (Å²) >= 11 is 1.06. The summed E-state index contributed by atoms with van der Waals surface area (Å²) in [6, 6.07) is 8.63. The van der Waals surface area contributed by atoms with Crippen LogP contribution in [0.1, 0.15) is 6.42 Å². The predicted molar refractivity (Wildman–Crippen MR) is 72.9 cm³/mol. The Morgan fingerprint density at radius 2 is 2.15 bits per heavy atom. The maximum absolute atomic E-state index is 11.8. The highest BCUT2D eigenvalue weighted by Crippen LogP contribution is 2.34. The number of benzene rings is 1. The summed E-state index contributed by atoms with van der Waals surface area (Å²) in [4.78, 5) is 26.1. The first kappa shape index (κ1) is 12.7. The number of carbonyl (C=O) groups is 1. The van der Waals surface area contributed by atoms with Crippen LogP contribution in [0.3, 0.4) is 0 Å². The average molecular weight is 290 g/mol. The molecule has 1 aromatic heterocycles. The van der Waals surface area contributed by atoms with Crippen molar-refractivity contribution in [3.8, 4) is 11.4 Å². The van der Waals surface area contributed by atoms with Crippen molar-refractivity contribution in [1.29, 1.82) is 0 Å². The van der Waals surface area contributed by atoms with Gasteiger partial charge in [0.25, 0.3) is 0 Å². The summed E-state index contributed by atoms with van der Waals surface area (Å²) in [5, 5.41) is 13.5. The first-order chi connectivity index (χ1) is 9.65. The van der Waals surface area contributed by atoms with Crippen LogP contribution in [0.5, 0.6) is 0 Å². The molecule has 0 radical (unpaired) electrons. The Labute approximate surface area is 118 Å². The zero-order chi connectivity index (χ0) is 14.1. The van der Waals surface area contributed by atoms with E-state index in [9.17, 15) is 14.9 Å². The van der Waals surface area contributed by atoms with Crippen molar-refractivity contribution >= 4 is 22.6 Å². The van der Waals surface area contributed by atoms with Gasteiger partial charge >= 0.3 is 0 Å². The average Bonchev–Trinajstić information content (AvgIpc) is 3.14. The number of carbonyl (C=O) groups excluding carboxylic acids is 1. The quantitative estimate of drug-likeness (QED) is 0.684. The van der Waals surface area contributed by atoms with Crippen LogP contribution in [0.25, 0.3) is 11.4 Å². The van der Waals surface area contributed by atoms with Crippen LogP contribution in [0, 0.1) is 16.0 Å². The lowest BCUT2D eigenvalue weighted by atomic mass is 10.2. The number of rotatable bonds is 4. The second-order valence-corrected chi connectivity index (χ2v) is 5.23. The molecule has 102 valence electrons. The fourth-order valence-corrected chi connectivity index (χ4v) is 2.47. The van der Waals surface area contributed by atoms with E-state index < -0.39 is 16.9 Å². The number of amides is 1. The molecule has 1 saturated carbocycles. The Kier molecular flexibility index (Phi) is 3.15. The van der Waals surface area contributed by atoms with Gasteiger partial charge in [0.05, 0.1) is 0 Å². The van der Waals surface area contributed by atoms with Gasteiger partial charge in [0, 0.05) is 28.4 Å². The van der Waals surface area contributed by atoms with Gasteiger partial charge in [0.2, 0.25) is 17.1 Å². The smallest absolute Gasteiger partial charge is 0.236 e. The van der Waals surface area contributed by atoms with Crippen molar-refractivity contribution in [2.75, 3.05) is 5.32 Å². The number of anilines is 1. The minimum atomic E-state index is -0.753. The molecule has 1 amide bonds. The molecule has 1 aromatic carbocycles. The van der Waals surface area contributed by atoms with Crippen LogP contribution in [0.4, 0.5) is 5.13 Å². The molecule has 0 aliphatic heterocycles. The van der Waals surface area contributed by atoms with E-state index in [-0.39, 0.29) is 5.91 Å². The van der Waals surface area contributed by atoms with Crippen LogP contribution in [0.15, 0.2) is 30.3 Å². The molecule has 20 heavy (non-hydrogen) atoms. The van der Waals surface area contributed by atoms with Gasteiger partial charge in [0.1, 0.15) is 5.92 Å². The van der Waals surface area contributed by atoms with Gasteiger partial charge in [0.15, 0.2) is 5.82 Å². The van der Waals surface area contributed by atoms with Crippen molar-refractivity contribution in [3.05, 3.63) is 40.4 Å². The Morgan fingerprint density at radius 3 is 2.80 bits per heavy atom. The van der Waals surface area contributed by atoms with Gasteiger partial charge in [-0.15, -0.1) is 0 Å². The van der Waals surface area contributed by atoms with E-state index in [1.807, 2.05) is 30.3 Å². The van der Waals surface area contributed by atoms with Gasteiger partial charge in [-0.3, -0.25) is 14.9 Å². The number of aromatic nitrogens is 2. The number of nitrogens with zero attached hydrogens (tertiary/aromatic N) is 3. The van der Waals surface area contributed by atoms with Crippen LogP contribution in [0.2, 0.25) is 0 Å². The zero-order valence-corrected chi connectivity index (χ0v) is 11.0. The Morgan fingerprint density at radius 1 is 1.40 bits per heavy atom. The van der Waals surface area contributed by atoms with E-state index in [1.54, 1.807) is 0 Å². The molecule has 0 unspecified atom stereocenters. The minimum absolute atomic E-state index is 0.295. The summed E-state index contributed by atoms with van der Waals surface area (Å²) in [5.41, 5.74) is 0.860. The van der Waals surface area contributed by atoms with Gasteiger partial charge in [-0.25, -0.2) is 0 Å². The molecule has 7 nitrogen and oxygen atoms in total. The largest absolute Gasteiger partial charge is 0.300 e. The van der Waals surface area contributed by atoms with E-state index in [0.717, 1.165) is 17.1 Å². The first-order valence-corrected chi connectivity index (χ1v) is 6.76. The van der Waals surface area contributed by atoms with Gasteiger partial charge in [-0.2, -0.15) is 9.36 Å². The molecule has 8 heteroatoms. The van der Waals surface area contributed by atoms with Crippen molar-refractivity contribution in [2.24, 2.45) is 5.92 Å². The lowest BCUT2D eigenvalue weighted by Crippen LogP contribution is -2.18. The fourth-order valence-electron chi connectivity index (χ4n) is 1.87. The third-order valence-electron chi connectivity index (χ3n) is 3.05. The number of hydrogen-bond donors (Lipinski definition) is 1. The molecule has 1 aliphatic carbocycles. The lowest BCUT2D eigenvalue weighted by molar-refractivity contribution is -0.497. The summed E-state index contributed by atoms with van der Waals surface area (Å²) in [5.74, 6) is -0.371. The Hall–Kier alpha value is -2.35. The van der Waals surface area contributed by atoms with Crippen molar-refractivity contribution in [1.82, 2.24) is 9.36 Å². The zero-order valence-electron chi connectivity index (χ0n) is 10.2. The Balaban J connectivity index is 1.67. The molecule has 2 atom stereocenters. The predicted octanol–water partition coefficient (Wildman–Crippen LogP) is 1.81. The lowest BCUT2D eigenvalue weighted by Gasteiger charge is -1.97. The maximum atomic E-state index is 11.8. The van der Waals surface area contributed by atoms with Crippen LogP contribution < -0.4 is 5.32 Å². The molecule has 1 N–H and O–H groups in total. The van der Waals surface area contributed by atoms with E-state index >= 15 is 0 Å². The van der Waals surface area contributed by atoms with Crippen LogP contribution in [-0.4, -0.2) is 26.2 Å². The van der Waals surface area contributed by atoms with Crippen molar-refractivity contribution < 1.29 is 9.72 Å². The topological polar surface area (TPSA) is 98.0 Å². The second-order valence-electron chi connectivity index (χ2n) is 4.47. The number of nitrogens with one attached hydrogen (secondary N) is 1. The summed E-state index contributed by atoms with van der Waals surface area (Å²) in [7, 11) is 0. The molecule has 0 spiro atoms.